The summed E-state index contributed by atoms with van der Waals surface area (Å²) in [5, 5.41) is 40.8. The van der Waals surface area contributed by atoms with E-state index in [1.165, 1.54) is 89.0 Å². The lowest BCUT2D eigenvalue weighted by molar-refractivity contribution is 0.722. The van der Waals surface area contributed by atoms with Crippen molar-refractivity contribution in [1.29, 1.82) is 0 Å². The molecule has 0 aliphatic heterocycles. The van der Waals surface area contributed by atoms with Gasteiger partial charge in [0.05, 0.1) is 116 Å². The molecule has 412 valence electrons. The van der Waals surface area contributed by atoms with Crippen LogP contribution in [0.4, 0.5) is 0 Å². The van der Waals surface area contributed by atoms with Crippen LogP contribution in [0.15, 0.2) is 243 Å². The Morgan fingerprint density at radius 3 is 0.352 bits per heavy atom. The molecule has 0 spiro atoms. The molecular weight excluding hydrogens is 1080 g/mol. The van der Waals surface area contributed by atoms with E-state index in [-0.39, 0.29) is 47.3 Å². The lowest BCUT2D eigenvalue weighted by Crippen LogP contribution is -2.27. The van der Waals surface area contributed by atoms with E-state index in [2.05, 4.69) is 243 Å². The molecule has 0 N–H and O–H groups in total. The van der Waals surface area contributed by atoms with Gasteiger partial charge in [0.2, 0.25) is 0 Å². The standard InChI is InChI=1S/2C38H24N6/c2*1-2-10-24-23(9-1)31-25-11-3-4-12-26(25)32(24)36-35(31)39-43(40-36)21-17-19-22(20-18-21)44-41-37-33-27-13-5-6-14-28(27)34(38(37)42-44)30-16-8-7-15-29(30)33/h2*1-20,31-34H. The summed E-state index contributed by atoms with van der Waals surface area (Å²) in [6.07, 6.45) is 0. The normalized spacial score (nSPS) is 20.7. The van der Waals surface area contributed by atoms with Crippen LogP contribution in [0, 0.1) is 0 Å². The quantitative estimate of drug-likeness (QED) is 0.171. The zero-order chi connectivity index (χ0) is 57.0. The molecule has 12 nitrogen and oxygen atoms in total. The molecule has 0 saturated carbocycles. The molecule has 88 heavy (non-hydrogen) atoms. The van der Waals surface area contributed by atoms with E-state index in [9.17, 15) is 0 Å². The molecule has 12 aliphatic carbocycles. The average molecular weight is 1130 g/mol. The molecule has 0 amide bonds. The van der Waals surface area contributed by atoms with Crippen LogP contribution in [-0.2, 0) is 0 Å². The summed E-state index contributed by atoms with van der Waals surface area (Å²) in [7, 11) is 0. The summed E-state index contributed by atoms with van der Waals surface area (Å²) >= 11 is 0. The Morgan fingerprint density at radius 1 is 0.148 bits per heavy atom. The highest BCUT2D eigenvalue weighted by atomic mass is 15.5. The van der Waals surface area contributed by atoms with E-state index in [0.717, 1.165) is 68.3 Å². The number of hydrogen-bond acceptors (Lipinski definition) is 8. The zero-order valence-corrected chi connectivity index (χ0v) is 47.1. The molecule has 12 heteroatoms. The lowest BCUT2D eigenvalue weighted by atomic mass is 9.64. The Kier molecular flexibility index (Phi) is 9.21. The summed E-state index contributed by atoms with van der Waals surface area (Å²) in [6, 6.07) is 86.7. The first-order valence-corrected chi connectivity index (χ1v) is 30.5. The van der Waals surface area contributed by atoms with Gasteiger partial charge in [0.1, 0.15) is 0 Å². The molecule has 0 radical (unpaired) electrons. The first kappa shape index (κ1) is 47.1. The second-order valence-corrected chi connectivity index (χ2v) is 24.6. The molecule has 10 aromatic carbocycles. The molecule has 4 heterocycles. The van der Waals surface area contributed by atoms with Crippen molar-refractivity contribution in [3.05, 3.63) is 377 Å². The van der Waals surface area contributed by atoms with E-state index in [1.807, 2.05) is 0 Å². The minimum atomic E-state index is 0.110. The first-order chi connectivity index (χ1) is 43.7. The SMILES string of the molecule is c1ccc2c(c1)C1c3ccccc3C2c2nn(-c3ccc(-n4nc5c(n4)C4c6ccccc6C5c5ccccc54)cc3)nc21.c1ccc2c(c1)C1c3ccccc3C2c2nn(-c3ccc(-n4nc5c(n4)C4c6ccccc6C5c5ccccc54)cc3)nc21. The maximum atomic E-state index is 5.10. The van der Waals surface area contributed by atoms with E-state index < -0.39 is 0 Å². The Balaban J connectivity index is 0.000000120. The third kappa shape index (κ3) is 6.17. The largest absolute Gasteiger partial charge is 0.152 e. The van der Waals surface area contributed by atoms with Crippen LogP contribution in [0.25, 0.3) is 22.7 Å². The van der Waals surface area contributed by atoms with Gasteiger partial charge in [0.15, 0.2) is 0 Å². The minimum Gasteiger partial charge on any atom is -0.152 e. The van der Waals surface area contributed by atoms with Crippen molar-refractivity contribution in [3.63, 3.8) is 0 Å². The number of hydrogen-bond donors (Lipinski definition) is 0. The highest BCUT2D eigenvalue weighted by Crippen LogP contribution is 2.59. The molecule has 12 aliphatic rings. The van der Waals surface area contributed by atoms with Gasteiger partial charge in [0, 0.05) is 0 Å². The van der Waals surface area contributed by atoms with E-state index in [1.54, 1.807) is 19.2 Å². The number of benzene rings is 10. The molecule has 4 aromatic heterocycles. The van der Waals surface area contributed by atoms with Crippen molar-refractivity contribution in [2.45, 2.75) is 47.3 Å². The molecule has 0 atom stereocenters. The van der Waals surface area contributed by atoms with Gasteiger partial charge >= 0.3 is 0 Å². The fourth-order valence-electron chi connectivity index (χ4n) is 16.9. The molecule has 14 aromatic rings. The Labute approximate surface area is 504 Å². The summed E-state index contributed by atoms with van der Waals surface area (Å²) in [5.74, 6) is 0.879. The topological polar surface area (TPSA) is 123 Å². The fourth-order valence-corrected chi connectivity index (χ4v) is 16.9. The second-order valence-electron chi connectivity index (χ2n) is 24.6. The average Bonchev–Trinajstić information content (AvgIpc) is 1.57. The third-order valence-corrected chi connectivity index (χ3v) is 20.4. The van der Waals surface area contributed by atoms with Crippen LogP contribution in [0.2, 0.25) is 0 Å². The second kappa shape index (κ2) is 17.2. The highest BCUT2D eigenvalue weighted by molar-refractivity contribution is 5.70. The van der Waals surface area contributed by atoms with Gasteiger partial charge in [-0.15, -0.1) is 0 Å². The van der Waals surface area contributed by atoms with Crippen molar-refractivity contribution in [2.24, 2.45) is 0 Å². The predicted molar refractivity (Wildman–Crippen MR) is 332 cm³/mol. The van der Waals surface area contributed by atoms with Gasteiger partial charge in [-0.05, 0) is 138 Å². The molecule has 26 rings (SSSR count). The maximum Gasteiger partial charge on any atom is 0.0992 e. The van der Waals surface area contributed by atoms with Gasteiger partial charge in [-0.2, -0.15) is 60.0 Å². The van der Waals surface area contributed by atoms with Gasteiger partial charge in [-0.25, -0.2) is 0 Å². The minimum absolute atomic E-state index is 0.110. The van der Waals surface area contributed by atoms with E-state index in [4.69, 9.17) is 40.8 Å². The number of nitrogens with zero attached hydrogens (tertiary/aromatic N) is 12. The zero-order valence-electron chi connectivity index (χ0n) is 47.1. The Hall–Kier alpha value is -11.2. The molecule has 0 saturated heterocycles. The Bertz CT molecular complexity index is 4200. The van der Waals surface area contributed by atoms with Crippen LogP contribution in [0.3, 0.4) is 0 Å². The van der Waals surface area contributed by atoms with E-state index >= 15 is 0 Å². The molecular formula is C76H48N12. The number of rotatable bonds is 4. The van der Waals surface area contributed by atoms with Gasteiger partial charge in [-0.1, -0.05) is 194 Å². The summed E-state index contributed by atoms with van der Waals surface area (Å²) < 4.78 is 0. The monoisotopic (exact) mass is 1130 g/mol. The van der Waals surface area contributed by atoms with Crippen LogP contribution >= 0.6 is 0 Å². The van der Waals surface area contributed by atoms with Crippen LogP contribution in [-0.4, -0.2) is 60.0 Å². The van der Waals surface area contributed by atoms with Crippen molar-refractivity contribution in [3.8, 4) is 22.7 Å². The van der Waals surface area contributed by atoms with Crippen LogP contribution in [0.1, 0.15) is 182 Å². The molecule has 0 fully saturated rings. The Morgan fingerprint density at radius 2 is 0.250 bits per heavy atom. The molecule has 8 bridgehead atoms. The summed E-state index contributed by atoms with van der Waals surface area (Å²) in [4.78, 5) is 7.23. The summed E-state index contributed by atoms with van der Waals surface area (Å²) in [6.45, 7) is 0. The van der Waals surface area contributed by atoms with Crippen molar-refractivity contribution < 1.29 is 0 Å². The number of aromatic nitrogens is 12. The van der Waals surface area contributed by atoms with Crippen LogP contribution in [0.5, 0.6) is 0 Å². The highest BCUT2D eigenvalue weighted by Gasteiger charge is 2.49. The van der Waals surface area contributed by atoms with Crippen molar-refractivity contribution >= 4 is 0 Å². The third-order valence-electron chi connectivity index (χ3n) is 20.4. The fraction of sp³-hybridized carbons (Fsp3) is 0.105. The smallest absolute Gasteiger partial charge is 0.0992 e. The maximum absolute atomic E-state index is 5.10. The van der Waals surface area contributed by atoms with Gasteiger partial charge < -0.3 is 0 Å². The lowest BCUT2D eigenvalue weighted by Gasteiger charge is -2.38. The first-order valence-electron chi connectivity index (χ1n) is 30.5. The predicted octanol–water partition coefficient (Wildman–Crippen LogP) is 13.6. The van der Waals surface area contributed by atoms with Gasteiger partial charge in [-0.3, -0.25) is 0 Å². The van der Waals surface area contributed by atoms with Crippen LogP contribution < -0.4 is 0 Å². The summed E-state index contributed by atoms with van der Waals surface area (Å²) in [5.41, 5.74) is 33.7. The molecule has 0 unspecified atom stereocenters. The van der Waals surface area contributed by atoms with E-state index in [0.29, 0.717) is 0 Å². The van der Waals surface area contributed by atoms with Gasteiger partial charge in [0.25, 0.3) is 0 Å². The van der Waals surface area contributed by atoms with Crippen molar-refractivity contribution in [1.82, 2.24) is 60.0 Å². The van der Waals surface area contributed by atoms with Crippen molar-refractivity contribution in [2.75, 3.05) is 0 Å².